The summed E-state index contributed by atoms with van der Waals surface area (Å²) in [6.07, 6.45) is 4.87. The first-order valence-corrected chi connectivity index (χ1v) is 5.10. The van der Waals surface area contributed by atoms with E-state index in [9.17, 15) is 4.79 Å². The fourth-order valence-electron chi connectivity index (χ4n) is 1.41. The van der Waals surface area contributed by atoms with Gasteiger partial charge in [-0.3, -0.25) is 4.98 Å². The lowest BCUT2D eigenvalue weighted by atomic mass is 10.2. The molecule has 2 heterocycles. The predicted octanol–water partition coefficient (Wildman–Crippen LogP) is 2.07. The summed E-state index contributed by atoms with van der Waals surface area (Å²) >= 11 is 0. The van der Waals surface area contributed by atoms with E-state index in [0.717, 1.165) is 11.3 Å². The number of hydrogen-bond acceptors (Lipinski definition) is 5. The van der Waals surface area contributed by atoms with Crippen molar-refractivity contribution in [3.63, 3.8) is 0 Å². The van der Waals surface area contributed by atoms with E-state index < -0.39 is 5.97 Å². The van der Waals surface area contributed by atoms with Crippen LogP contribution in [0.2, 0.25) is 0 Å². The van der Waals surface area contributed by atoms with Crippen molar-refractivity contribution < 1.29 is 13.9 Å². The van der Waals surface area contributed by atoms with Crippen LogP contribution in [0.1, 0.15) is 16.1 Å². The van der Waals surface area contributed by atoms with Gasteiger partial charge in [0.05, 0.1) is 19.1 Å². The number of methoxy groups -OCH3 is 1. The van der Waals surface area contributed by atoms with Gasteiger partial charge >= 0.3 is 5.97 Å². The number of carbonyl (C=O) groups is 1. The third-order valence-electron chi connectivity index (χ3n) is 2.26. The van der Waals surface area contributed by atoms with Crippen LogP contribution in [-0.2, 0) is 11.3 Å². The molecule has 5 nitrogen and oxygen atoms in total. The number of carbonyl (C=O) groups excluding carboxylic acids is 1. The molecule has 88 valence electrons. The Morgan fingerprint density at radius 3 is 3.12 bits per heavy atom. The average molecular weight is 232 g/mol. The Bertz CT molecular complexity index is 493. The summed E-state index contributed by atoms with van der Waals surface area (Å²) in [5.74, 6) is -0.248. The van der Waals surface area contributed by atoms with Crippen molar-refractivity contribution >= 4 is 11.7 Å². The van der Waals surface area contributed by atoms with Crippen molar-refractivity contribution in [2.45, 2.75) is 6.54 Å². The Morgan fingerprint density at radius 2 is 2.41 bits per heavy atom. The van der Waals surface area contributed by atoms with Crippen LogP contribution in [0.3, 0.4) is 0 Å². The maximum Gasteiger partial charge on any atom is 0.374 e. The van der Waals surface area contributed by atoms with E-state index >= 15 is 0 Å². The summed E-state index contributed by atoms with van der Waals surface area (Å²) in [4.78, 5) is 15.3. The second-order valence-corrected chi connectivity index (χ2v) is 3.36. The van der Waals surface area contributed by atoms with E-state index in [2.05, 4.69) is 15.0 Å². The van der Waals surface area contributed by atoms with Crippen LogP contribution in [0.4, 0.5) is 5.69 Å². The monoisotopic (exact) mass is 232 g/mol. The molecule has 0 spiro atoms. The molecule has 0 saturated heterocycles. The highest BCUT2D eigenvalue weighted by Gasteiger charge is 2.15. The average Bonchev–Trinajstić information content (AvgIpc) is 2.85. The number of pyridine rings is 1. The molecule has 0 aromatic carbocycles. The van der Waals surface area contributed by atoms with Crippen LogP contribution in [-0.4, -0.2) is 18.1 Å². The van der Waals surface area contributed by atoms with Crippen molar-refractivity contribution in [1.29, 1.82) is 0 Å². The lowest BCUT2D eigenvalue weighted by molar-refractivity contribution is 0.0563. The van der Waals surface area contributed by atoms with E-state index in [1.54, 1.807) is 18.5 Å². The summed E-state index contributed by atoms with van der Waals surface area (Å²) < 4.78 is 9.69. The third kappa shape index (κ3) is 2.63. The Kier molecular flexibility index (Phi) is 3.40. The maximum absolute atomic E-state index is 11.4. The summed E-state index contributed by atoms with van der Waals surface area (Å²) in [5.41, 5.74) is 1.63. The Labute approximate surface area is 98.4 Å². The van der Waals surface area contributed by atoms with Crippen LogP contribution >= 0.6 is 0 Å². The summed E-state index contributed by atoms with van der Waals surface area (Å²) in [6.45, 7) is 0.479. The van der Waals surface area contributed by atoms with Gasteiger partial charge < -0.3 is 14.5 Å². The second-order valence-electron chi connectivity index (χ2n) is 3.36. The van der Waals surface area contributed by atoms with Gasteiger partial charge in [-0.2, -0.15) is 0 Å². The van der Waals surface area contributed by atoms with E-state index in [1.165, 1.54) is 13.4 Å². The fourth-order valence-corrected chi connectivity index (χ4v) is 1.41. The van der Waals surface area contributed by atoms with Gasteiger partial charge in [-0.25, -0.2) is 4.79 Å². The first-order chi connectivity index (χ1) is 8.31. The number of anilines is 1. The van der Waals surface area contributed by atoms with Crippen molar-refractivity contribution in [1.82, 2.24) is 4.98 Å². The standard InChI is InChI=1S/C12H12N2O3/c1-16-12(15)11-9(4-6-17-11)7-14-10-3-2-5-13-8-10/h2-6,8,14H,7H2,1H3. The number of esters is 1. The van der Waals surface area contributed by atoms with Gasteiger partial charge in [0, 0.05) is 24.5 Å². The molecule has 0 amide bonds. The van der Waals surface area contributed by atoms with Gasteiger partial charge in [0.25, 0.3) is 0 Å². The first kappa shape index (κ1) is 11.2. The summed E-state index contributed by atoms with van der Waals surface area (Å²) in [6, 6.07) is 5.46. The third-order valence-corrected chi connectivity index (χ3v) is 2.26. The molecule has 2 aromatic rings. The molecule has 0 radical (unpaired) electrons. The van der Waals surface area contributed by atoms with Gasteiger partial charge in [0.2, 0.25) is 5.76 Å². The Hall–Kier alpha value is -2.30. The van der Waals surface area contributed by atoms with Crippen molar-refractivity contribution in [3.05, 3.63) is 48.2 Å². The van der Waals surface area contributed by atoms with Crippen LogP contribution < -0.4 is 5.32 Å². The predicted molar refractivity (Wildman–Crippen MR) is 61.6 cm³/mol. The molecule has 1 N–H and O–H groups in total. The van der Waals surface area contributed by atoms with E-state index in [0.29, 0.717) is 6.54 Å². The molecule has 0 unspecified atom stereocenters. The minimum Gasteiger partial charge on any atom is -0.463 e. The number of ether oxygens (including phenoxy) is 1. The van der Waals surface area contributed by atoms with E-state index in [-0.39, 0.29) is 5.76 Å². The number of aromatic nitrogens is 1. The highest BCUT2D eigenvalue weighted by atomic mass is 16.5. The van der Waals surface area contributed by atoms with Crippen LogP contribution in [0.15, 0.2) is 41.3 Å². The zero-order valence-electron chi connectivity index (χ0n) is 9.34. The molecular weight excluding hydrogens is 220 g/mol. The van der Waals surface area contributed by atoms with Crippen molar-refractivity contribution in [2.24, 2.45) is 0 Å². The zero-order chi connectivity index (χ0) is 12.1. The molecule has 5 heteroatoms. The van der Waals surface area contributed by atoms with E-state index in [4.69, 9.17) is 4.42 Å². The molecule has 0 saturated carbocycles. The summed E-state index contributed by atoms with van der Waals surface area (Å²) in [7, 11) is 1.32. The number of furan rings is 1. The molecule has 0 aliphatic rings. The Morgan fingerprint density at radius 1 is 1.53 bits per heavy atom. The number of nitrogens with zero attached hydrogens (tertiary/aromatic N) is 1. The normalized spacial score (nSPS) is 9.94. The largest absolute Gasteiger partial charge is 0.463 e. The van der Waals surface area contributed by atoms with Crippen molar-refractivity contribution in [3.8, 4) is 0 Å². The molecule has 2 rings (SSSR count). The van der Waals surface area contributed by atoms with Crippen LogP contribution in [0.5, 0.6) is 0 Å². The van der Waals surface area contributed by atoms with Crippen LogP contribution in [0.25, 0.3) is 0 Å². The Balaban J connectivity index is 2.05. The van der Waals surface area contributed by atoms with Gasteiger partial charge in [0.1, 0.15) is 0 Å². The second kappa shape index (κ2) is 5.16. The summed E-state index contributed by atoms with van der Waals surface area (Å²) in [5, 5.41) is 3.14. The SMILES string of the molecule is COC(=O)c1occc1CNc1cccnc1. The van der Waals surface area contributed by atoms with Gasteiger partial charge in [-0.05, 0) is 18.2 Å². The lowest BCUT2D eigenvalue weighted by Gasteiger charge is -2.04. The van der Waals surface area contributed by atoms with Gasteiger partial charge in [-0.15, -0.1) is 0 Å². The number of hydrogen-bond donors (Lipinski definition) is 1. The first-order valence-electron chi connectivity index (χ1n) is 5.10. The quantitative estimate of drug-likeness (QED) is 0.817. The number of rotatable bonds is 4. The molecular formula is C12H12N2O3. The smallest absolute Gasteiger partial charge is 0.374 e. The van der Waals surface area contributed by atoms with Gasteiger partial charge in [-0.1, -0.05) is 0 Å². The molecule has 0 fully saturated rings. The molecule has 17 heavy (non-hydrogen) atoms. The molecule has 0 aliphatic carbocycles. The van der Waals surface area contributed by atoms with Crippen LogP contribution in [0, 0.1) is 0 Å². The maximum atomic E-state index is 11.4. The minimum atomic E-state index is -0.474. The topological polar surface area (TPSA) is 64.4 Å². The molecule has 2 aromatic heterocycles. The highest BCUT2D eigenvalue weighted by molar-refractivity contribution is 5.87. The minimum absolute atomic E-state index is 0.226. The number of nitrogens with one attached hydrogen (secondary N) is 1. The molecule has 0 aliphatic heterocycles. The van der Waals surface area contributed by atoms with Gasteiger partial charge in [0.15, 0.2) is 0 Å². The molecule has 0 atom stereocenters. The van der Waals surface area contributed by atoms with E-state index in [1.807, 2.05) is 12.1 Å². The zero-order valence-corrected chi connectivity index (χ0v) is 9.34. The lowest BCUT2D eigenvalue weighted by Crippen LogP contribution is -2.06. The highest BCUT2D eigenvalue weighted by Crippen LogP contribution is 2.14. The fraction of sp³-hybridized carbons (Fsp3) is 0.167. The van der Waals surface area contributed by atoms with Crippen molar-refractivity contribution in [2.75, 3.05) is 12.4 Å². The molecule has 0 bridgehead atoms.